The molecule has 0 aliphatic rings. The van der Waals surface area contributed by atoms with Crippen molar-refractivity contribution in [1.82, 2.24) is 0 Å². The molecule has 0 radical (unpaired) electrons. The molecular formula is C10H23ClOSi. The summed E-state index contributed by atoms with van der Waals surface area (Å²) in [5, 5.41) is 8.56. The summed E-state index contributed by atoms with van der Waals surface area (Å²) in [4.78, 5) is 0. The van der Waals surface area contributed by atoms with E-state index in [1.807, 2.05) is 0 Å². The minimum absolute atomic E-state index is 0.349. The number of aliphatic hydroxyl groups excluding tert-OH is 1. The first-order valence-corrected chi connectivity index (χ1v) is 9.58. The third kappa shape index (κ3) is 12.5. The van der Waals surface area contributed by atoms with Crippen molar-refractivity contribution >= 4 is 18.5 Å². The van der Waals surface area contributed by atoms with Crippen molar-refractivity contribution in [2.75, 3.05) is 6.61 Å². The van der Waals surface area contributed by atoms with Crippen molar-refractivity contribution < 1.29 is 5.11 Å². The van der Waals surface area contributed by atoms with Crippen molar-refractivity contribution in [3.05, 3.63) is 0 Å². The Kier molecular flexibility index (Phi) is 8.11. The lowest BCUT2D eigenvalue weighted by Crippen LogP contribution is -2.14. The fraction of sp³-hybridized carbons (Fsp3) is 1.00. The molecule has 0 aliphatic heterocycles. The van der Waals surface area contributed by atoms with Crippen LogP contribution in [0.15, 0.2) is 0 Å². The van der Waals surface area contributed by atoms with Gasteiger partial charge in [-0.05, 0) is 12.5 Å². The Bertz CT molecular complexity index is 112. The molecule has 0 saturated heterocycles. The quantitative estimate of drug-likeness (QED) is 0.377. The van der Waals surface area contributed by atoms with Gasteiger partial charge in [-0.25, -0.2) is 0 Å². The van der Waals surface area contributed by atoms with Crippen LogP contribution in [0.3, 0.4) is 0 Å². The normalized spacial score (nSPS) is 12.0. The Morgan fingerprint density at radius 2 is 1.38 bits per heavy atom. The van der Waals surface area contributed by atoms with Crippen molar-refractivity contribution in [2.24, 2.45) is 0 Å². The summed E-state index contributed by atoms with van der Waals surface area (Å²) in [6.07, 6.45) is 7.33. The van der Waals surface area contributed by atoms with Crippen LogP contribution in [0.2, 0.25) is 19.1 Å². The first kappa shape index (κ1) is 13.5. The van der Waals surface area contributed by atoms with Crippen LogP contribution in [0.1, 0.15) is 38.5 Å². The van der Waals surface area contributed by atoms with Crippen LogP contribution in [0.4, 0.5) is 0 Å². The fourth-order valence-electron chi connectivity index (χ4n) is 1.36. The van der Waals surface area contributed by atoms with Gasteiger partial charge in [0.05, 0.1) is 0 Å². The minimum atomic E-state index is -1.30. The third-order valence-electron chi connectivity index (χ3n) is 2.18. The number of hydrogen-bond acceptors (Lipinski definition) is 1. The maximum Gasteiger partial charge on any atom is 0.150 e. The molecule has 0 aromatic heterocycles. The Morgan fingerprint density at radius 1 is 0.923 bits per heavy atom. The van der Waals surface area contributed by atoms with E-state index in [0.717, 1.165) is 6.42 Å². The van der Waals surface area contributed by atoms with Crippen LogP contribution >= 0.6 is 11.1 Å². The molecule has 13 heavy (non-hydrogen) atoms. The van der Waals surface area contributed by atoms with E-state index in [1.54, 1.807) is 0 Å². The molecule has 0 amide bonds. The molecule has 0 atom stereocenters. The standard InChI is InChI=1S/C10H23ClOSi/c1-13(2,11)10-8-6-4-3-5-7-9-12/h12H,3-10H2,1-2H3. The average Bonchev–Trinajstić information content (AvgIpc) is 2.01. The third-order valence-corrected chi connectivity index (χ3v) is 4.29. The molecule has 0 saturated carbocycles. The van der Waals surface area contributed by atoms with Gasteiger partial charge in [0.15, 0.2) is 0 Å². The molecule has 0 rings (SSSR count). The predicted molar refractivity (Wildman–Crippen MR) is 62.9 cm³/mol. The lowest BCUT2D eigenvalue weighted by atomic mass is 10.1. The molecule has 0 aromatic carbocycles. The van der Waals surface area contributed by atoms with Crippen molar-refractivity contribution in [2.45, 2.75) is 57.7 Å². The monoisotopic (exact) mass is 222 g/mol. The predicted octanol–water partition coefficient (Wildman–Crippen LogP) is 3.76. The summed E-state index contributed by atoms with van der Waals surface area (Å²) in [5.74, 6) is 0. The van der Waals surface area contributed by atoms with Gasteiger partial charge in [0.25, 0.3) is 0 Å². The molecule has 0 unspecified atom stereocenters. The topological polar surface area (TPSA) is 20.2 Å². The van der Waals surface area contributed by atoms with Gasteiger partial charge in [-0.3, -0.25) is 0 Å². The van der Waals surface area contributed by atoms with Gasteiger partial charge in [-0.15, -0.1) is 0 Å². The Balaban J connectivity index is 3.00. The van der Waals surface area contributed by atoms with E-state index in [1.165, 1.54) is 38.1 Å². The second-order valence-electron chi connectivity index (χ2n) is 4.31. The highest BCUT2D eigenvalue weighted by atomic mass is 35.6. The molecule has 0 heterocycles. The van der Waals surface area contributed by atoms with E-state index < -0.39 is 7.38 Å². The molecule has 0 bridgehead atoms. The molecular weight excluding hydrogens is 200 g/mol. The van der Waals surface area contributed by atoms with E-state index in [-0.39, 0.29) is 0 Å². The Labute approximate surface area is 88.2 Å². The summed E-state index contributed by atoms with van der Waals surface area (Å²) in [6.45, 7) is 4.77. The second-order valence-corrected chi connectivity index (χ2v) is 11.3. The summed E-state index contributed by atoms with van der Waals surface area (Å²) in [6, 6.07) is 1.24. The highest BCUT2D eigenvalue weighted by Gasteiger charge is 2.15. The summed E-state index contributed by atoms with van der Waals surface area (Å²) in [7, 11) is -1.30. The molecule has 1 nitrogen and oxygen atoms in total. The van der Waals surface area contributed by atoms with Gasteiger partial charge in [-0.2, -0.15) is 11.1 Å². The van der Waals surface area contributed by atoms with Gasteiger partial charge < -0.3 is 5.11 Å². The fourth-order valence-corrected chi connectivity index (χ4v) is 2.86. The van der Waals surface area contributed by atoms with E-state index in [9.17, 15) is 0 Å². The molecule has 0 aromatic rings. The molecule has 3 heteroatoms. The number of unbranched alkanes of at least 4 members (excludes halogenated alkanes) is 5. The van der Waals surface area contributed by atoms with Crippen LogP contribution in [-0.4, -0.2) is 19.1 Å². The lowest BCUT2D eigenvalue weighted by Gasteiger charge is -2.11. The van der Waals surface area contributed by atoms with Crippen LogP contribution in [0.25, 0.3) is 0 Å². The van der Waals surface area contributed by atoms with E-state index >= 15 is 0 Å². The SMILES string of the molecule is C[Si](C)(Cl)CCCCCCCCO. The number of rotatable bonds is 8. The van der Waals surface area contributed by atoms with Crippen LogP contribution in [0.5, 0.6) is 0 Å². The van der Waals surface area contributed by atoms with Crippen molar-refractivity contribution in [1.29, 1.82) is 0 Å². The zero-order valence-corrected chi connectivity index (χ0v) is 10.7. The van der Waals surface area contributed by atoms with E-state index in [2.05, 4.69) is 13.1 Å². The van der Waals surface area contributed by atoms with Crippen LogP contribution < -0.4 is 0 Å². The zero-order chi connectivity index (χ0) is 10.2. The van der Waals surface area contributed by atoms with Gasteiger partial charge in [0.2, 0.25) is 0 Å². The van der Waals surface area contributed by atoms with E-state index in [4.69, 9.17) is 16.2 Å². The minimum Gasteiger partial charge on any atom is -0.396 e. The smallest absolute Gasteiger partial charge is 0.150 e. The molecule has 0 spiro atoms. The first-order chi connectivity index (χ1) is 6.06. The van der Waals surface area contributed by atoms with Gasteiger partial charge in [0.1, 0.15) is 7.38 Å². The molecule has 0 aliphatic carbocycles. The molecule has 0 fully saturated rings. The van der Waals surface area contributed by atoms with Gasteiger partial charge >= 0.3 is 0 Å². The lowest BCUT2D eigenvalue weighted by molar-refractivity contribution is 0.282. The first-order valence-electron chi connectivity index (χ1n) is 5.36. The Hall–Kier alpha value is 0.467. The maximum atomic E-state index is 8.56. The van der Waals surface area contributed by atoms with Gasteiger partial charge in [-0.1, -0.05) is 45.2 Å². The number of aliphatic hydroxyl groups is 1. The van der Waals surface area contributed by atoms with Gasteiger partial charge in [0, 0.05) is 6.61 Å². The summed E-state index contributed by atoms with van der Waals surface area (Å²) < 4.78 is 0. The zero-order valence-electron chi connectivity index (χ0n) is 8.98. The van der Waals surface area contributed by atoms with Crippen LogP contribution in [0, 0.1) is 0 Å². The molecule has 1 N–H and O–H groups in total. The van der Waals surface area contributed by atoms with Crippen LogP contribution in [-0.2, 0) is 0 Å². The highest BCUT2D eigenvalue weighted by molar-refractivity contribution is 7.19. The number of halogens is 1. The Morgan fingerprint density at radius 3 is 1.85 bits per heavy atom. The summed E-state index contributed by atoms with van der Waals surface area (Å²) >= 11 is 6.20. The largest absolute Gasteiger partial charge is 0.396 e. The second kappa shape index (κ2) is 7.83. The van der Waals surface area contributed by atoms with E-state index in [0.29, 0.717) is 6.61 Å². The highest BCUT2D eigenvalue weighted by Crippen LogP contribution is 2.18. The average molecular weight is 223 g/mol. The number of hydrogen-bond donors (Lipinski definition) is 1. The van der Waals surface area contributed by atoms with Crippen molar-refractivity contribution in [3.8, 4) is 0 Å². The summed E-state index contributed by atoms with van der Waals surface area (Å²) in [5.41, 5.74) is 0. The maximum absolute atomic E-state index is 8.56. The van der Waals surface area contributed by atoms with Crippen molar-refractivity contribution in [3.63, 3.8) is 0 Å². The molecule has 80 valence electrons.